The summed E-state index contributed by atoms with van der Waals surface area (Å²) in [7, 11) is 1.76. The van der Waals surface area contributed by atoms with Crippen molar-refractivity contribution in [1.29, 1.82) is 0 Å². The van der Waals surface area contributed by atoms with E-state index in [9.17, 15) is 0 Å². The van der Waals surface area contributed by atoms with Crippen molar-refractivity contribution in [1.82, 2.24) is 10.2 Å². The van der Waals surface area contributed by atoms with Crippen molar-refractivity contribution in [2.45, 2.75) is 39.8 Å². The predicted molar refractivity (Wildman–Crippen MR) is 84.0 cm³/mol. The number of hydrogen-bond donors (Lipinski definition) is 1. The van der Waals surface area contributed by atoms with E-state index in [1.54, 1.807) is 7.11 Å². The molecule has 3 heteroatoms. The van der Waals surface area contributed by atoms with E-state index in [0.29, 0.717) is 0 Å². The second-order valence-corrected chi connectivity index (χ2v) is 5.70. The van der Waals surface area contributed by atoms with Crippen LogP contribution in [0.15, 0.2) is 18.2 Å². The van der Waals surface area contributed by atoms with Crippen LogP contribution in [0.3, 0.4) is 0 Å². The van der Waals surface area contributed by atoms with Crippen LogP contribution in [-0.4, -0.2) is 31.6 Å². The molecule has 0 heterocycles. The Morgan fingerprint density at radius 3 is 2.70 bits per heavy atom. The molecule has 1 saturated carbocycles. The topological polar surface area (TPSA) is 24.5 Å². The van der Waals surface area contributed by atoms with Gasteiger partial charge < -0.3 is 10.1 Å². The molecule has 0 aliphatic heterocycles. The fourth-order valence-electron chi connectivity index (χ4n) is 2.55. The molecule has 1 aromatic carbocycles. The summed E-state index contributed by atoms with van der Waals surface area (Å²) in [5, 5.41) is 3.38. The average Bonchev–Trinajstić information content (AvgIpc) is 3.28. The standard InChI is InChI=1S/C17H28N2O/c1-4-18-11-15-8-9-17(20-3)16(10-15)13-19(5-2)12-14-6-7-14/h8-10,14,18H,4-7,11-13H2,1-3H3. The normalized spacial score (nSPS) is 14.8. The number of ether oxygens (including phenoxy) is 1. The first-order chi connectivity index (χ1) is 9.76. The van der Waals surface area contributed by atoms with Crippen LogP contribution in [0, 0.1) is 5.92 Å². The van der Waals surface area contributed by atoms with E-state index in [0.717, 1.165) is 37.8 Å². The van der Waals surface area contributed by atoms with Crippen LogP contribution >= 0.6 is 0 Å². The molecular formula is C17H28N2O. The van der Waals surface area contributed by atoms with Crippen molar-refractivity contribution in [3.05, 3.63) is 29.3 Å². The third-order valence-electron chi connectivity index (χ3n) is 3.98. The van der Waals surface area contributed by atoms with E-state index in [2.05, 4.69) is 42.3 Å². The highest BCUT2D eigenvalue weighted by molar-refractivity contribution is 5.37. The molecule has 1 N–H and O–H groups in total. The molecule has 0 bridgehead atoms. The van der Waals surface area contributed by atoms with E-state index in [1.807, 2.05) is 0 Å². The number of hydrogen-bond acceptors (Lipinski definition) is 3. The van der Waals surface area contributed by atoms with Crippen LogP contribution in [-0.2, 0) is 13.1 Å². The van der Waals surface area contributed by atoms with Crippen LogP contribution in [0.25, 0.3) is 0 Å². The summed E-state index contributed by atoms with van der Waals surface area (Å²) in [4.78, 5) is 2.53. The maximum Gasteiger partial charge on any atom is 0.123 e. The molecule has 1 aromatic rings. The first-order valence-electron chi connectivity index (χ1n) is 7.85. The highest BCUT2D eigenvalue weighted by Gasteiger charge is 2.24. The highest BCUT2D eigenvalue weighted by Crippen LogP contribution is 2.31. The second kappa shape index (κ2) is 7.65. The van der Waals surface area contributed by atoms with Crippen LogP contribution < -0.4 is 10.1 Å². The molecular weight excluding hydrogens is 248 g/mol. The van der Waals surface area contributed by atoms with Gasteiger partial charge in [-0.1, -0.05) is 19.9 Å². The van der Waals surface area contributed by atoms with Gasteiger partial charge >= 0.3 is 0 Å². The van der Waals surface area contributed by atoms with E-state index in [1.165, 1.54) is 30.5 Å². The molecule has 0 spiro atoms. The van der Waals surface area contributed by atoms with Crippen LogP contribution in [0.1, 0.15) is 37.8 Å². The van der Waals surface area contributed by atoms with Crippen LogP contribution in [0.4, 0.5) is 0 Å². The molecule has 0 amide bonds. The Bertz CT molecular complexity index is 415. The van der Waals surface area contributed by atoms with Gasteiger partial charge in [0.05, 0.1) is 7.11 Å². The Morgan fingerprint density at radius 2 is 2.10 bits per heavy atom. The Kier molecular flexibility index (Phi) is 5.86. The summed E-state index contributed by atoms with van der Waals surface area (Å²) in [5.74, 6) is 1.95. The molecule has 0 aromatic heterocycles. The van der Waals surface area contributed by atoms with Crippen molar-refractivity contribution in [2.75, 3.05) is 26.7 Å². The molecule has 3 nitrogen and oxygen atoms in total. The molecule has 0 atom stereocenters. The number of benzene rings is 1. The summed E-state index contributed by atoms with van der Waals surface area (Å²) in [5.41, 5.74) is 2.65. The molecule has 1 fully saturated rings. The minimum absolute atomic E-state index is 0.933. The first-order valence-corrected chi connectivity index (χ1v) is 7.85. The van der Waals surface area contributed by atoms with E-state index in [4.69, 9.17) is 4.74 Å². The van der Waals surface area contributed by atoms with E-state index in [-0.39, 0.29) is 0 Å². The van der Waals surface area contributed by atoms with Crippen molar-refractivity contribution in [3.8, 4) is 5.75 Å². The number of nitrogens with zero attached hydrogens (tertiary/aromatic N) is 1. The monoisotopic (exact) mass is 276 g/mol. The molecule has 0 unspecified atom stereocenters. The van der Waals surface area contributed by atoms with Gasteiger partial charge in [-0.2, -0.15) is 0 Å². The van der Waals surface area contributed by atoms with Crippen molar-refractivity contribution in [3.63, 3.8) is 0 Å². The van der Waals surface area contributed by atoms with Gasteiger partial charge in [0.15, 0.2) is 0 Å². The van der Waals surface area contributed by atoms with Gasteiger partial charge in [-0.3, -0.25) is 4.90 Å². The van der Waals surface area contributed by atoms with Crippen molar-refractivity contribution in [2.24, 2.45) is 5.92 Å². The van der Waals surface area contributed by atoms with Gasteiger partial charge in [0, 0.05) is 25.2 Å². The van der Waals surface area contributed by atoms with Crippen LogP contribution in [0.5, 0.6) is 5.75 Å². The molecule has 0 radical (unpaired) electrons. The van der Waals surface area contributed by atoms with Gasteiger partial charge in [-0.15, -0.1) is 0 Å². The number of nitrogens with one attached hydrogen (secondary N) is 1. The Labute approximate surface area is 123 Å². The Balaban J connectivity index is 2.05. The zero-order valence-corrected chi connectivity index (χ0v) is 13.1. The number of rotatable bonds is 9. The minimum Gasteiger partial charge on any atom is -0.496 e. The number of methoxy groups -OCH3 is 1. The quantitative estimate of drug-likeness (QED) is 0.750. The average molecular weight is 276 g/mol. The van der Waals surface area contributed by atoms with Crippen molar-refractivity contribution >= 4 is 0 Å². The van der Waals surface area contributed by atoms with Gasteiger partial charge in [-0.25, -0.2) is 0 Å². The maximum absolute atomic E-state index is 5.52. The highest BCUT2D eigenvalue weighted by atomic mass is 16.5. The van der Waals surface area contributed by atoms with Crippen molar-refractivity contribution < 1.29 is 4.74 Å². The predicted octanol–water partition coefficient (Wildman–Crippen LogP) is 3.04. The zero-order valence-electron chi connectivity index (χ0n) is 13.1. The second-order valence-electron chi connectivity index (χ2n) is 5.70. The summed E-state index contributed by atoms with van der Waals surface area (Å²) < 4.78 is 5.52. The van der Waals surface area contributed by atoms with Gasteiger partial charge in [-0.05, 0) is 49.5 Å². The fourth-order valence-corrected chi connectivity index (χ4v) is 2.55. The SMILES string of the molecule is CCNCc1ccc(OC)c(CN(CC)CC2CC2)c1. The lowest BCUT2D eigenvalue weighted by molar-refractivity contribution is 0.263. The van der Waals surface area contributed by atoms with Gasteiger partial charge in [0.1, 0.15) is 5.75 Å². The maximum atomic E-state index is 5.52. The lowest BCUT2D eigenvalue weighted by Crippen LogP contribution is -2.25. The molecule has 20 heavy (non-hydrogen) atoms. The smallest absolute Gasteiger partial charge is 0.123 e. The largest absolute Gasteiger partial charge is 0.496 e. The van der Waals surface area contributed by atoms with Gasteiger partial charge in [0.2, 0.25) is 0 Å². The first kappa shape index (κ1) is 15.3. The molecule has 1 aliphatic rings. The van der Waals surface area contributed by atoms with E-state index >= 15 is 0 Å². The third-order valence-corrected chi connectivity index (χ3v) is 3.98. The zero-order chi connectivity index (χ0) is 14.4. The summed E-state index contributed by atoms with van der Waals surface area (Å²) >= 11 is 0. The molecule has 2 rings (SSSR count). The summed E-state index contributed by atoms with van der Waals surface area (Å²) in [6.45, 7) is 9.66. The summed E-state index contributed by atoms with van der Waals surface area (Å²) in [6, 6.07) is 6.55. The molecule has 112 valence electrons. The third kappa shape index (κ3) is 4.50. The molecule has 0 saturated heterocycles. The lowest BCUT2D eigenvalue weighted by Gasteiger charge is -2.22. The molecule has 1 aliphatic carbocycles. The summed E-state index contributed by atoms with van der Waals surface area (Å²) in [6.07, 6.45) is 2.82. The lowest BCUT2D eigenvalue weighted by atomic mass is 10.1. The minimum atomic E-state index is 0.933. The Hall–Kier alpha value is -1.06. The van der Waals surface area contributed by atoms with Gasteiger partial charge in [0.25, 0.3) is 0 Å². The van der Waals surface area contributed by atoms with Crippen LogP contribution in [0.2, 0.25) is 0 Å². The Morgan fingerprint density at radius 1 is 1.30 bits per heavy atom. The fraction of sp³-hybridized carbons (Fsp3) is 0.647. The van der Waals surface area contributed by atoms with E-state index < -0.39 is 0 Å².